The van der Waals surface area contributed by atoms with E-state index in [1.54, 1.807) is 30.3 Å². The van der Waals surface area contributed by atoms with Crippen LogP contribution in [0.5, 0.6) is 0 Å². The Morgan fingerprint density at radius 1 is 0.795 bits per heavy atom. The highest BCUT2D eigenvalue weighted by atomic mass is 35.5. The quantitative estimate of drug-likeness (QED) is 0.117. The van der Waals surface area contributed by atoms with Gasteiger partial charge in [0.25, 0.3) is 0 Å². The van der Waals surface area contributed by atoms with E-state index >= 15 is 0 Å². The highest BCUT2D eigenvalue weighted by Crippen LogP contribution is 2.31. The van der Waals surface area contributed by atoms with Gasteiger partial charge in [-0.15, -0.1) is 12.4 Å². The number of carbonyl (C=O) groups excluding carboxylic acids is 3. The van der Waals surface area contributed by atoms with Gasteiger partial charge in [-0.05, 0) is 60.9 Å². The topological polar surface area (TPSA) is 134 Å². The molecule has 2 aliphatic rings. The van der Waals surface area contributed by atoms with E-state index in [1.807, 2.05) is 26.0 Å². The summed E-state index contributed by atoms with van der Waals surface area (Å²) in [5.41, 5.74) is 7.36. The monoisotopic (exact) mass is 553 g/mol. The molecule has 1 aromatic heterocycles. The third kappa shape index (κ3) is 10.3. The number of nitrogens with two attached hydrogens (primary N) is 1. The van der Waals surface area contributed by atoms with Crippen LogP contribution in [0.15, 0.2) is 42.5 Å². The summed E-state index contributed by atoms with van der Waals surface area (Å²) in [5.74, 6) is 4.97. The van der Waals surface area contributed by atoms with Crippen molar-refractivity contribution in [3.63, 3.8) is 0 Å². The van der Waals surface area contributed by atoms with Gasteiger partial charge >= 0.3 is 0 Å². The van der Waals surface area contributed by atoms with Crippen molar-refractivity contribution in [2.45, 2.75) is 58.8 Å². The van der Waals surface area contributed by atoms with E-state index in [-0.39, 0.29) is 29.8 Å². The second-order valence-electron chi connectivity index (χ2n) is 7.95. The lowest BCUT2D eigenvalue weighted by Crippen LogP contribution is -2.17. The number of nitrogens with one attached hydrogen (secondary N) is 2. The number of H-pyrrole nitrogens is 1. The van der Waals surface area contributed by atoms with Crippen molar-refractivity contribution in [3.8, 4) is 0 Å². The van der Waals surface area contributed by atoms with E-state index in [2.05, 4.69) is 20.1 Å². The first-order valence-electron chi connectivity index (χ1n) is 12.5. The molecule has 1 fully saturated rings. The van der Waals surface area contributed by atoms with Crippen molar-refractivity contribution in [2.75, 3.05) is 12.5 Å². The standard InChI is InChI=1S/C13H10N2O.C7H7N3.C6H8O2.C2H6.CH4O.ClH/c1-14-8-5-6-11-10(7-8)9-3-2-4-12(16)13(9)15-11;1-9-6-2-4-7(10-8)5-3-6;7-5-3-1-2-4-6(5)8;2*1-2;/h5-7,15H,2-4H2;2-5,10H,8H2;1-4H2;1-2H3;2H,1H3;1H. The molecule has 5 N–H and O–H groups in total. The van der Waals surface area contributed by atoms with Gasteiger partial charge in [0.2, 0.25) is 0 Å². The summed E-state index contributed by atoms with van der Waals surface area (Å²) in [6, 6.07) is 12.5. The van der Waals surface area contributed by atoms with Crippen molar-refractivity contribution in [3.05, 3.63) is 76.6 Å². The predicted molar refractivity (Wildman–Crippen MR) is 158 cm³/mol. The molecule has 208 valence electrons. The Labute approximate surface area is 235 Å². The molecule has 0 bridgehead atoms. The van der Waals surface area contributed by atoms with E-state index in [0.29, 0.717) is 30.6 Å². The van der Waals surface area contributed by atoms with Gasteiger partial charge in [0.05, 0.1) is 18.8 Å². The van der Waals surface area contributed by atoms with Crippen molar-refractivity contribution in [1.29, 1.82) is 0 Å². The zero-order valence-corrected chi connectivity index (χ0v) is 23.4. The molecule has 0 aliphatic heterocycles. The molecule has 0 saturated heterocycles. The number of anilines is 1. The largest absolute Gasteiger partial charge is 0.400 e. The summed E-state index contributed by atoms with van der Waals surface area (Å²) < 4.78 is 0. The summed E-state index contributed by atoms with van der Waals surface area (Å²) in [6.45, 7) is 17.6. The molecule has 10 heteroatoms. The summed E-state index contributed by atoms with van der Waals surface area (Å²) in [5, 5.41) is 8.04. The lowest BCUT2D eigenvalue weighted by molar-refractivity contribution is -0.137. The van der Waals surface area contributed by atoms with Gasteiger partial charge in [-0.2, -0.15) is 0 Å². The van der Waals surface area contributed by atoms with Crippen LogP contribution in [0.25, 0.3) is 20.6 Å². The minimum absolute atomic E-state index is 0. The summed E-state index contributed by atoms with van der Waals surface area (Å²) in [6.07, 6.45) is 5.27. The minimum Gasteiger partial charge on any atom is -0.400 e. The number of aryl methyl sites for hydroxylation is 1. The highest BCUT2D eigenvalue weighted by molar-refractivity contribution is 6.37. The minimum atomic E-state index is -0.170. The van der Waals surface area contributed by atoms with E-state index in [9.17, 15) is 14.4 Å². The van der Waals surface area contributed by atoms with E-state index < -0.39 is 0 Å². The molecule has 3 aromatic rings. The Hall–Kier alpha value is -4.02. The maximum absolute atomic E-state index is 11.7. The summed E-state index contributed by atoms with van der Waals surface area (Å²) >= 11 is 0. The second kappa shape index (κ2) is 19.1. The average molecular weight is 554 g/mol. The van der Waals surface area contributed by atoms with Crippen molar-refractivity contribution in [1.82, 2.24) is 4.98 Å². The molecule has 0 radical (unpaired) electrons. The fraction of sp³-hybridized carbons (Fsp3) is 0.345. The van der Waals surface area contributed by atoms with Gasteiger partial charge in [-0.1, -0.05) is 32.0 Å². The first-order chi connectivity index (χ1) is 18.5. The highest BCUT2D eigenvalue weighted by Gasteiger charge is 2.21. The zero-order valence-electron chi connectivity index (χ0n) is 22.5. The molecule has 1 heterocycles. The van der Waals surface area contributed by atoms with Gasteiger partial charge in [-0.25, -0.2) is 9.69 Å². The zero-order chi connectivity index (χ0) is 28.5. The third-order valence-corrected chi connectivity index (χ3v) is 5.66. The molecule has 0 spiro atoms. The lowest BCUT2D eigenvalue weighted by atomic mass is 9.94. The number of nitrogens with zero attached hydrogens (tertiary/aromatic N) is 2. The number of aliphatic hydroxyl groups excluding tert-OH is 1. The molecule has 39 heavy (non-hydrogen) atoms. The molecule has 2 aliphatic carbocycles. The van der Waals surface area contributed by atoms with Crippen LogP contribution in [0.3, 0.4) is 0 Å². The SMILES string of the molecule is CC.CO.Cl.O=C1CCCCC1=O.[C-]#[N+]c1ccc(NN)cc1.[C-]#[N+]c1ccc2[nH]c3c(c2c1)CCCC3=O. The normalized spacial score (nSPS) is 12.9. The molecular weight excluding hydrogens is 518 g/mol. The Kier molecular flexibility index (Phi) is 17.1. The third-order valence-electron chi connectivity index (χ3n) is 5.66. The molecule has 1 saturated carbocycles. The van der Waals surface area contributed by atoms with Crippen molar-refractivity contribution in [2.24, 2.45) is 5.84 Å². The van der Waals surface area contributed by atoms with Crippen LogP contribution in [0, 0.1) is 13.1 Å². The number of aromatic nitrogens is 1. The number of aromatic amines is 1. The van der Waals surface area contributed by atoms with Crippen LogP contribution in [0.1, 0.15) is 68.4 Å². The molecular formula is C29H36ClN5O4. The molecule has 9 nitrogen and oxygen atoms in total. The van der Waals surface area contributed by atoms with E-state index in [1.165, 1.54) is 0 Å². The van der Waals surface area contributed by atoms with Gasteiger partial charge in [0.15, 0.2) is 28.7 Å². The second-order valence-corrected chi connectivity index (χ2v) is 7.95. The van der Waals surface area contributed by atoms with Crippen LogP contribution >= 0.6 is 12.4 Å². The number of hydrazine groups is 1. The van der Waals surface area contributed by atoms with Crippen LogP contribution in [0.2, 0.25) is 0 Å². The van der Waals surface area contributed by atoms with Gasteiger partial charge in [0.1, 0.15) is 0 Å². The number of benzene rings is 2. The molecule has 2 aromatic carbocycles. The Morgan fingerprint density at radius 2 is 1.31 bits per heavy atom. The Balaban J connectivity index is 0.000000547. The summed E-state index contributed by atoms with van der Waals surface area (Å²) in [7, 11) is 1.00. The summed E-state index contributed by atoms with van der Waals surface area (Å²) in [4.78, 5) is 42.4. The number of ketones is 3. The maximum Gasteiger partial charge on any atom is 0.198 e. The number of hydrogen-bond donors (Lipinski definition) is 4. The average Bonchev–Trinajstić information content (AvgIpc) is 3.37. The fourth-order valence-corrected chi connectivity index (χ4v) is 3.84. The smallest absolute Gasteiger partial charge is 0.198 e. The van der Waals surface area contributed by atoms with Crippen LogP contribution < -0.4 is 11.3 Å². The molecule has 0 atom stereocenters. The number of nitrogen functional groups attached to an aromatic ring is 1. The lowest BCUT2D eigenvalue weighted by Gasteiger charge is -2.09. The Morgan fingerprint density at radius 3 is 1.79 bits per heavy atom. The number of Topliss-reactive ketones (excluding diaryl/α,β-unsaturated/α-hetero) is 3. The van der Waals surface area contributed by atoms with Crippen molar-refractivity contribution >= 4 is 57.7 Å². The van der Waals surface area contributed by atoms with Crippen LogP contribution in [-0.2, 0) is 16.0 Å². The van der Waals surface area contributed by atoms with Crippen LogP contribution in [0.4, 0.5) is 17.1 Å². The van der Waals surface area contributed by atoms with Crippen LogP contribution in [-0.4, -0.2) is 34.6 Å². The maximum atomic E-state index is 11.7. The number of rotatable bonds is 1. The predicted octanol–water partition coefficient (Wildman–Crippen LogP) is 6.52. The van der Waals surface area contributed by atoms with E-state index in [0.717, 1.165) is 60.6 Å². The number of aliphatic hydroxyl groups is 1. The molecule has 0 amide bonds. The van der Waals surface area contributed by atoms with Gasteiger partial charge < -0.3 is 15.5 Å². The first kappa shape index (κ1) is 35.0. The number of fused-ring (bicyclic) bond motifs is 3. The first-order valence-corrected chi connectivity index (χ1v) is 12.5. The Bertz CT molecular complexity index is 1290. The molecule has 5 rings (SSSR count). The number of halogens is 1. The fourth-order valence-electron chi connectivity index (χ4n) is 3.84. The van der Waals surface area contributed by atoms with Gasteiger partial charge in [0, 0.05) is 37.6 Å². The number of hydrogen-bond acceptors (Lipinski definition) is 6. The molecule has 0 unspecified atom stereocenters. The van der Waals surface area contributed by atoms with E-state index in [4.69, 9.17) is 24.1 Å². The number of carbonyl (C=O) groups is 3. The van der Waals surface area contributed by atoms with Crippen molar-refractivity contribution < 1.29 is 19.5 Å². The van der Waals surface area contributed by atoms with Gasteiger partial charge in [-0.3, -0.25) is 20.2 Å².